The van der Waals surface area contributed by atoms with Gasteiger partial charge in [-0.1, -0.05) is 130 Å². The van der Waals surface area contributed by atoms with Crippen molar-refractivity contribution in [3.05, 3.63) is 0 Å². The summed E-state index contributed by atoms with van der Waals surface area (Å²) in [7, 11) is -12.7. The molecule has 5 aliphatic rings. The lowest BCUT2D eigenvalue weighted by Gasteiger charge is -2.59. The minimum atomic E-state index is -3.17. The Bertz CT molecular complexity index is 865. The van der Waals surface area contributed by atoms with Crippen molar-refractivity contribution in [2.45, 2.75) is 230 Å². The van der Waals surface area contributed by atoms with Crippen LogP contribution in [0.15, 0.2) is 0 Å². The molecule has 1 aliphatic heterocycles. The molecule has 0 aromatic carbocycles. The highest BCUT2D eigenvalue weighted by atomic mass is 28.5. The van der Waals surface area contributed by atoms with Gasteiger partial charge in [0, 0.05) is 48.6 Å². The summed E-state index contributed by atoms with van der Waals surface area (Å²) in [5.41, 5.74) is 1.47. The van der Waals surface area contributed by atoms with Crippen LogP contribution in [0.2, 0.25) is 22.2 Å². The third kappa shape index (κ3) is 13.3. The maximum atomic E-state index is 8.51. The van der Waals surface area contributed by atoms with Crippen LogP contribution in [-0.4, -0.2) is 85.6 Å². The van der Waals surface area contributed by atoms with E-state index in [1.54, 1.807) is 0 Å². The van der Waals surface area contributed by atoms with Crippen molar-refractivity contribution in [2.75, 3.05) is 51.3 Å². The Kier molecular flexibility index (Phi) is 21.7. The smallest absolute Gasteiger partial charge is 0.350 e. The fraction of sp³-hybridized carbons (Fsp3) is 1.00. The van der Waals surface area contributed by atoms with E-state index in [0.717, 1.165) is 129 Å². The van der Waals surface area contributed by atoms with Gasteiger partial charge in [-0.25, -0.2) is 0 Å². The number of unbranched alkanes of at least 4 members (excludes halogenated alkanes) is 4. The molecule has 8 nitrogen and oxygen atoms in total. The van der Waals surface area contributed by atoms with E-state index < -0.39 is 34.2 Å². The lowest BCUT2D eigenvalue weighted by Crippen LogP contribution is -2.78. The van der Waals surface area contributed by atoms with Crippen LogP contribution >= 0.6 is 0 Å². The highest BCUT2D eigenvalue weighted by Gasteiger charge is 2.69. The molecule has 0 unspecified atom stereocenters. The van der Waals surface area contributed by atoms with Crippen LogP contribution in [-0.2, 0) is 35.4 Å². The van der Waals surface area contributed by atoms with Gasteiger partial charge in [0.05, 0.1) is 24.9 Å². The molecule has 0 spiro atoms. The van der Waals surface area contributed by atoms with Crippen LogP contribution in [0.4, 0.5) is 0 Å². The van der Waals surface area contributed by atoms with Gasteiger partial charge in [0.2, 0.25) is 0 Å². The molecule has 0 N–H and O–H groups in total. The molecule has 12 heteroatoms. The predicted octanol–water partition coefficient (Wildman–Crippen LogP) is 12.6. The first-order valence-electron chi connectivity index (χ1n) is 24.6. The van der Waals surface area contributed by atoms with Gasteiger partial charge in [-0.05, 0) is 77.0 Å². The lowest BCUT2D eigenvalue weighted by molar-refractivity contribution is 0.0665. The monoisotopic (exact) mass is 857 g/mol. The lowest BCUT2D eigenvalue weighted by atomic mass is 10.0. The molecule has 0 aromatic heterocycles. The van der Waals surface area contributed by atoms with Gasteiger partial charge in [0.1, 0.15) is 0 Å². The van der Waals surface area contributed by atoms with E-state index in [-0.39, 0.29) is 0 Å². The largest absolute Gasteiger partial charge is 0.412 e. The van der Waals surface area contributed by atoms with Crippen LogP contribution in [0.1, 0.15) is 207 Å². The van der Waals surface area contributed by atoms with Gasteiger partial charge in [0.25, 0.3) is 0 Å². The molecule has 0 aromatic rings. The van der Waals surface area contributed by atoms with E-state index in [9.17, 15) is 0 Å². The molecule has 4 saturated carbocycles. The zero-order valence-electron chi connectivity index (χ0n) is 37.0. The first kappa shape index (κ1) is 47.6. The molecule has 4 aliphatic carbocycles. The third-order valence-electron chi connectivity index (χ3n) is 14.1. The maximum absolute atomic E-state index is 8.51. The number of rotatable bonds is 24. The van der Waals surface area contributed by atoms with Crippen molar-refractivity contribution in [1.82, 2.24) is 0 Å². The normalized spacial score (nSPS) is 32.4. The van der Waals surface area contributed by atoms with Crippen LogP contribution in [0.3, 0.4) is 0 Å². The Morgan fingerprint density at radius 3 is 0.696 bits per heavy atom. The first-order chi connectivity index (χ1) is 27.5. The second kappa shape index (κ2) is 25.5. The molecule has 5 fully saturated rings. The van der Waals surface area contributed by atoms with Crippen LogP contribution in [0.25, 0.3) is 0 Å². The molecular formula is C44H88O8Si4. The Labute approximate surface area is 349 Å². The van der Waals surface area contributed by atoms with Gasteiger partial charge < -0.3 is 35.4 Å². The van der Waals surface area contributed by atoms with Gasteiger partial charge >= 0.3 is 34.2 Å². The Balaban J connectivity index is 1.74. The second-order valence-corrected chi connectivity index (χ2v) is 32.8. The summed E-state index contributed by atoms with van der Waals surface area (Å²) in [5.74, 6) is 0. The van der Waals surface area contributed by atoms with Crippen molar-refractivity contribution in [1.29, 1.82) is 0 Å². The molecular weight excluding hydrogens is 769 g/mol. The molecule has 1 saturated heterocycles. The quantitative estimate of drug-likeness (QED) is 0.0702. The highest BCUT2D eigenvalue weighted by Crippen LogP contribution is 2.54. The SMILES string of the molecule is CCCCOC[Si]1(C2CCCCC2)O[Si](COCCCC)(C2CCCCC2)O[Si](COCCCC)(C2CCCCC2)O[Si](COCCCC)(C2CCCCC2)O1. The third-order valence-corrected chi connectivity index (χ3v) is 34.8. The first-order valence-corrected chi connectivity index (χ1v) is 33.0. The summed E-state index contributed by atoms with van der Waals surface area (Å²) in [5, 5.41) is 0. The molecule has 5 rings (SSSR count). The summed E-state index contributed by atoms with van der Waals surface area (Å²) in [4.78, 5) is 0. The number of ether oxygens (including phenoxy) is 4. The average molecular weight is 858 g/mol. The van der Waals surface area contributed by atoms with Crippen LogP contribution < -0.4 is 0 Å². The van der Waals surface area contributed by atoms with Gasteiger partial charge in [-0.3, -0.25) is 0 Å². The average Bonchev–Trinajstić information content (AvgIpc) is 3.24. The van der Waals surface area contributed by atoms with Crippen LogP contribution in [0.5, 0.6) is 0 Å². The topological polar surface area (TPSA) is 73.8 Å². The summed E-state index contributed by atoms with van der Waals surface area (Å²) in [6, 6.07) is 0. The molecule has 0 amide bonds. The Morgan fingerprint density at radius 2 is 0.518 bits per heavy atom. The summed E-state index contributed by atoms with van der Waals surface area (Å²) in [6.45, 7) is 12.1. The van der Waals surface area contributed by atoms with E-state index in [1.807, 2.05) is 0 Å². The summed E-state index contributed by atoms with van der Waals surface area (Å²) in [6.07, 6.45) is 35.5. The van der Waals surface area contributed by atoms with Crippen molar-refractivity contribution < 1.29 is 35.4 Å². The van der Waals surface area contributed by atoms with Crippen molar-refractivity contribution in [3.63, 3.8) is 0 Å². The summed E-state index contributed by atoms with van der Waals surface area (Å²) < 4.78 is 61.8. The standard InChI is InChI=1S/C44H88O8Si4/c1-5-9-33-45-37-53(41-25-17-13-18-26-41)49-54(38-46-34-10-6-2,42-27-19-14-20-28-42)51-56(40-48-36-12-8-4,44-31-23-16-24-32-44)52-55(50-53,39-47-35-11-7-3)43-29-21-15-22-30-43/h41-44H,5-40H2,1-4H3. The van der Waals surface area contributed by atoms with E-state index in [1.165, 1.54) is 77.0 Å². The molecule has 1 heterocycles. The van der Waals surface area contributed by atoms with Gasteiger partial charge in [-0.2, -0.15) is 0 Å². The fourth-order valence-electron chi connectivity index (χ4n) is 10.6. The number of hydrogen-bond acceptors (Lipinski definition) is 8. The van der Waals surface area contributed by atoms with E-state index in [0.29, 0.717) is 47.1 Å². The molecule has 56 heavy (non-hydrogen) atoms. The molecule has 0 bridgehead atoms. The van der Waals surface area contributed by atoms with Gasteiger partial charge in [0.15, 0.2) is 0 Å². The van der Waals surface area contributed by atoms with E-state index >= 15 is 0 Å². The maximum Gasteiger partial charge on any atom is 0.350 e. The molecule has 0 atom stereocenters. The molecule has 328 valence electrons. The van der Waals surface area contributed by atoms with E-state index in [4.69, 9.17) is 35.4 Å². The second-order valence-electron chi connectivity index (χ2n) is 18.6. The predicted molar refractivity (Wildman–Crippen MR) is 238 cm³/mol. The number of hydrogen-bond donors (Lipinski definition) is 0. The zero-order valence-corrected chi connectivity index (χ0v) is 41.0. The summed E-state index contributed by atoms with van der Waals surface area (Å²) >= 11 is 0. The fourth-order valence-corrected chi connectivity index (χ4v) is 37.2. The van der Waals surface area contributed by atoms with Crippen molar-refractivity contribution in [3.8, 4) is 0 Å². The van der Waals surface area contributed by atoms with Crippen molar-refractivity contribution in [2.24, 2.45) is 0 Å². The highest BCUT2D eigenvalue weighted by molar-refractivity contribution is 6.96. The van der Waals surface area contributed by atoms with Crippen molar-refractivity contribution >= 4 is 34.2 Å². The Hall–Kier alpha value is 0.548. The van der Waals surface area contributed by atoms with E-state index in [2.05, 4.69) is 27.7 Å². The molecule has 0 radical (unpaired) electrons. The minimum absolute atomic E-state index is 0.368. The van der Waals surface area contributed by atoms with Gasteiger partial charge in [-0.15, -0.1) is 0 Å². The zero-order chi connectivity index (χ0) is 39.4. The Morgan fingerprint density at radius 1 is 0.321 bits per heavy atom. The van der Waals surface area contributed by atoms with Crippen LogP contribution in [0, 0.1) is 0 Å². The minimum Gasteiger partial charge on any atom is -0.412 e.